The van der Waals surface area contributed by atoms with E-state index in [2.05, 4.69) is 30.8 Å². The van der Waals surface area contributed by atoms with Crippen molar-refractivity contribution in [2.24, 2.45) is 0 Å². The van der Waals surface area contributed by atoms with Crippen molar-refractivity contribution in [2.75, 3.05) is 0 Å². The van der Waals surface area contributed by atoms with Gasteiger partial charge < -0.3 is 0 Å². The maximum atomic E-state index is 2.32. The van der Waals surface area contributed by atoms with Crippen LogP contribution in [0.25, 0.3) is 0 Å². The monoisotopic (exact) mass is 156 g/mol. The second-order valence-electron chi connectivity index (χ2n) is 2.56. The molecule has 0 radical (unpaired) electrons. The van der Waals surface area contributed by atoms with Gasteiger partial charge in [-0.3, -0.25) is 0 Å². The Morgan fingerprint density at radius 2 is 2.20 bits per heavy atom. The molecule has 0 bridgehead atoms. The lowest BCUT2D eigenvalue weighted by molar-refractivity contribution is -0.698. The molecular formula is C8H14NS+. The molecule has 0 aromatic carbocycles. The van der Waals surface area contributed by atoms with Crippen molar-refractivity contribution < 1.29 is 4.57 Å². The quantitative estimate of drug-likeness (QED) is 0.577. The van der Waals surface area contributed by atoms with Gasteiger partial charge >= 0.3 is 0 Å². The molecule has 0 amide bonds. The van der Waals surface area contributed by atoms with Crippen LogP contribution in [0.3, 0.4) is 0 Å². The average molecular weight is 156 g/mol. The molecule has 0 saturated heterocycles. The standard InChI is InChI=1S/C8H14NS/c1-4-5-9-6-10-8(3)7(9)2/h6H,4-5H2,1-3H3/q+1. The van der Waals surface area contributed by atoms with Crippen molar-refractivity contribution in [2.45, 2.75) is 33.7 Å². The summed E-state index contributed by atoms with van der Waals surface area (Å²) in [6.07, 6.45) is 1.22. The molecule has 56 valence electrons. The van der Waals surface area contributed by atoms with Crippen LogP contribution in [-0.2, 0) is 6.54 Å². The third kappa shape index (κ3) is 1.37. The Morgan fingerprint density at radius 3 is 2.60 bits per heavy atom. The summed E-state index contributed by atoms with van der Waals surface area (Å²) >= 11 is 1.83. The first kappa shape index (κ1) is 7.73. The van der Waals surface area contributed by atoms with Gasteiger partial charge in [0.2, 0.25) is 5.51 Å². The van der Waals surface area contributed by atoms with E-state index >= 15 is 0 Å². The van der Waals surface area contributed by atoms with Crippen molar-refractivity contribution in [3.8, 4) is 0 Å². The van der Waals surface area contributed by atoms with Crippen molar-refractivity contribution in [3.63, 3.8) is 0 Å². The molecule has 1 nitrogen and oxygen atoms in total. The Hall–Kier alpha value is -0.370. The first-order valence-corrected chi connectivity index (χ1v) is 4.57. The van der Waals surface area contributed by atoms with Crippen LogP contribution < -0.4 is 4.57 Å². The normalized spacial score (nSPS) is 10.3. The summed E-state index contributed by atoms with van der Waals surface area (Å²) in [5.41, 5.74) is 3.63. The van der Waals surface area contributed by atoms with Crippen LogP contribution in [0.15, 0.2) is 5.51 Å². The number of nitrogens with zero attached hydrogens (tertiary/aromatic N) is 1. The fourth-order valence-corrected chi connectivity index (χ4v) is 1.81. The van der Waals surface area contributed by atoms with Gasteiger partial charge in [0, 0.05) is 13.3 Å². The zero-order chi connectivity index (χ0) is 7.56. The molecule has 2 heteroatoms. The second-order valence-corrected chi connectivity index (χ2v) is 3.62. The zero-order valence-electron chi connectivity index (χ0n) is 6.85. The Labute approximate surface area is 66.3 Å². The van der Waals surface area contributed by atoms with E-state index in [-0.39, 0.29) is 0 Å². The largest absolute Gasteiger partial charge is 0.225 e. The number of hydrogen-bond donors (Lipinski definition) is 0. The van der Waals surface area contributed by atoms with Gasteiger partial charge in [0.05, 0.1) is 4.88 Å². The first-order valence-electron chi connectivity index (χ1n) is 3.69. The highest BCUT2D eigenvalue weighted by Crippen LogP contribution is 2.07. The third-order valence-corrected chi connectivity index (χ3v) is 2.77. The summed E-state index contributed by atoms with van der Waals surface area (Å²) < 4.78 is 2.32. The van der Waals surface area contributed by atoms with E-state index in [1.165, 1.54) is 17.0 Å². The minimum absolute atomic E-state index is 1.16. The molecule has 0 unspecified atom stereocenters. The molecule has 0 aliphatic rings. The minimum Gasteiger partial charge on any atom is -0.193 e. The highest BCUT2D eigenvalue weighted by molar-refractivity contribution is 7.09. The van der Waals surface area contributed by atoms with Crippen LogP contribution in [0.1, 0.15) is 23.9 Å². The summed E-state index contributed by atoms with van der Waals surface area (Å²) in [5, 5.41) is 0. The summed E-state index contributed by atoms with van der Waals surface area (Å²) in [4.78, 5) is 1.44. The van der Waals surface area contributed by atoms with Crippen LogP contribution in [0.5, 0.6) is 0 Å². The smallest absolute Gasteiger partial charge is 0.193 e. The van der Waals surface area contributed by atoms with Gasteiger partial charge in [-0.25, -0.2) is 0 Å². The highest BCUT2D eigenvalue weighted by Gasteiger charge is 2.08. The van der Waals surface area contributed by atoms with Crippen molar-refractivity contribution in [3.05, 3.63) is 16.1 Å². The number of rotatable bonds is 2. The lowest BCUT2D eigenvalue weighted by atomic mass is 10.4. The molecule has 0 aliphatic carbocycles. The molecule has 10 heavy (non-hydrogen) atoms. The van der Waals surface area contributed by atoms with Crippen molar-refractivity contribution >= 4 is 11.3 Å². The molecule has 1 heterocycles. The molecule has 0 fully saturated rings. The van der Waals surface area contributed by atoms with Gasteiger partial charge in [0.15, 0.2) is 5.69 Å². The van der Waals surface area contributed by atoms with Gasteiger partial charge in [0.1, 0.15) is 6.54 Å². The maximum Gasteiger partial charge on any atom is 0.225 e. The van der Waals surface area contributed by atoms with Gasteiger partial charge in [0.25, 0.3) is 0 Å². The molecule has 0 saturated carbocycles. The van der Waals surface area contributed by atoms with E-state index in [0.717, 1.165) is 6.54 Å². The fraction of sp³-hybridized carbons (Fsp3) is 0.625. The number of aryl methyl sites for hydroxylation is 2. The van der Waals surface area contributed by atoms with Crippen molar-refractivity contribution in [1.29, 1.82) is 0 Å². The van der Waals surface area contributed by atoms with Gasteiger partial charge in [-0.1, -0.05) is 18.3 Å². The van der Waals surface area contributed by atoms with E-state index in [0.29, 0.717) is 0 Å². The Balaban J connectivity index is 2.83. The van der Waals surface area contributed by atoms with E-state index in [4.69, 9.17) is 0 Å². The summed E-state index contributed by atoms with van der Waals surface area (Å²) in [6, 6.07) is 0. The SMILES string of the molecule is CCC[n+]1csc(C)c1C. The fourth-order valence-electron chi connectivity index (χ4n) is 0.971. The van der Waals surface area contributed by atoms with Crippen LogP contribution in [0.2, 0.25) is 0 Å². The average Bonchev–Trinajstić information content (AvgIpc) is 2.20. The van der Waals surface area contributed by atoms with E-state index in [1.54, 1.807) is 0 Å². The van der Waals surface area contributed by atoms with Crippen LogP contribution in [0.4, 0.5) is 0 Å². The molecule has 0 spiro atoms. The second kappa shape index (κ2) is 3.15. The van der Waals surface area contributed by atoms with E-state index in [9.17, 15) is 0 Å². The van der Waals surface area contributed by atoms with Crippen molar-refractivity contribution in [1.82, 2.24) is 0 Å². The predicted octanol–water partition coefficient (Wildman–Crippen LogP) is 2.06. The lowest BCUT2D eigenvalue weighted by Gasteiger charge is -1.89. The van der Waals surface area contributed by atoms with Gasteiger partial charge in [-0.15, -0.1) is 0 Å². The molecule has 1 aromatic rings. The van der Waals surface area contributed by atoms with Crippen LogP contribution in [-0.4, -0.2) is 0 Å². The Bertz CT molecular complexity index is 215. The minimum atomic E-state index is 1.16. The van der Waals surface area contributed by atoms with Gasteiger partial charge in [-0.2, -0.15) is 4.57 Å². The first-order chi connectivity index (χ1) is 4.75. The van der Waals surface area contributed by atoms with E-state index < -0.39 is 0 Å². The predicted molar refractivity (Wildman–Crippen MR) is 44.3 cm³/mol. The summed E-state index contributed by atoms with van der Waals surface area (Å²) in [7, 11) is 0. The molecule has 0 atom stereocenters. The number of aromatic nitrogens is 1. The van der Waals surface area contributed by atoms with Crippen LogP contribution in [0, 0.1) is 13.8 Å². The highest BCUT2D eigenvalue weighted by atomic mass is 32.1. The molecule has 1 aromatic heterocycles. The summed E-state index contributed by atoms with van der Waals surface area (Å²) in [6.45, 7) is 7.73. The molecular weight excluding hydrogens is 142 g/mol. The van der Waals surface area contributed by atoms with Crippen LogP contribution >= 0.6 is 11.3 Å². The number of thiazole rings is 1. The molecule has 1 rings (SSSR count). The maximum absolute atomic E-state index is 2.32. The topological polar surface area (TPSA) is 3.88 Å². The van der Waals surface area contributed by atoms with Gasteiger partial charge in [-0.05, 0) is 6.92 Å². The zero-order valence-corrected chi connectivity index (χ0v) is 7.66. The van der Waals surface area contributed by atoms with E-state index in [1.807, 2.05) is 11.3 Å². The molecule has 0 aliphatic heterocycles. The third-order valence-electron chi connectivity index (χ3n) is 1.76. The lowest BCUT2D eigenvalue weighted by Crippen LogP contribution is -2.33. The summed E-state index contributed by atoms with van der Waals surface area (Å²) in [5.74, 6) is 0. The Kier molecular flexibility index (Phi) is 2.44. The Morgan fingerprint density at radius 1 is 1.50 bits per heavy atom. The number of hydrogen-bond acceptors (Lipinski definition) is 1. The molecule has 0 N–H and O–H groups in total.